The number of ether oxygens (including phenoxy) is 2. The Bertz CT molecular complexity index is 312. The third kappa shape index (κ3) is 4.91. The van der Waals surface area contributed by atoms with Crippen molar-refractivity contribution in [2.45, 2.75) is 45.9 Å². The summed E-state index contributed by atoms with van der Waals surface area (Å²) < 4.78 is 10.4. The van der Waals surface area contributed by atoms with Crippen molar-refractivity contribution in [3.8, 4) is 0 Å². The van der Waals surface area contributed by atoms with Crippen LogP contribution in [-0.2, 0) is 14.3 Å². The fourth-order valence-corrected chi connectivity index (χ4v) is 1.53. The summed E-state index contributed by atoms with van der Waals surface area (Å²) in [5.41, 5.74) is -0.516. The lowest BCUT2D eigenvalue weighted by Crippen LogP contribution is -2.55. The molecule has 1 aliphatic heterocycles. The van der Waals surface area contributed by atoms with E-state index in [9.17, 15) is 9.59 Å². The molecule has 6 nitrogen and oxygen atoms in total. The number of carbonyl (C=O) groups excluding carboxylic acids is 2. The topological polar surface area (TPSA) is 67.9 Å². The largest absolute Gasteiger partial charge is 0.445 e. The summed E-state index contributed by atoms with van der Waals surface area (Å²) in [5.74, 6) is -0.279. The third-order valence-corrected chi connectivity index (χ3v) is 2.35. The van der Waals surface area contributed by atoms with Gasteiger partial charge in [0.1, 0.15) is 5.60 Å². The molecule has 1 unspecified atom stereocenters. The highest BCUT2D eigenvalue weighted by Crippen LogP contribution is 2.11. The molecule has 0 aliphatic carbocycles. The van der Waals surface area contributed by atoms with Crippen molar-refractivity contribution in [3.63, 3.8) is 0 Å². The van der Waals surface area contributed by atoms with Crippen LogP contribution in [0.3, 0.4) is 0 Å². The number of esters is 1. The summed E-state index contributed by atoms with van der Waals surface area (Å²) in [7, 11) is 0. The minimum atomic E-state index is -0.516. The van der Waals surface area contributed by atoms with Crippen LogP contribution in [0.1, 0.15) is 34.1 Å². The number of rotatable bonds is 2. The summed E-state index contributed by atoms with van der Waals surface area (Å²) in [4.78, 5) is 24.6. The van der Waals surface area contributed by atoms with Crippen LogP contribution in [0.2, 0.25) is 0 Å². The Balaban J connectivity index is 2.48. The second-order valence-electron chi connectivity index (χ2n) is 5.21. The molecule has 6 heteroatoms. The molecule has 104 valence electrons. The third-order valence-electron chi connectivity index (χ3n) is 2.35. The van der Waals surface area contributed by atoms with Crippen molar-refractivity contribution in [1.29, 1.82) is 0 Å². The van der Waals surface area contributed by atoms with E-state index in [0.29, 0.717) is 26.1 Å². The van der Waals surface area contributed by atoms with Gasteiger partial charge in [0.15, 0.2) is 6.23 Å². The SMILES string of the molecule is CCC(=O)OC1CN(C(=O)OC(C)(C)C)CCN1. The van der Waals surface area contributed by atoms with Crippen molar-refractivity contribution in [3.05, 3.63) is 0 Å². The normalized spacial score (nSPS) is 20.4. The van der Waals surface area contributed by atoms with Gasteiger partial charge < -0.3 is 14.4 Å². The molecule has 18 heavy (non-hydrogen) atoms. The molecule has 1 amide bonds. The number of hydrogen-bond acceptors (Lipinski definition) is 5. The first-order valence-electron chi connectivity index (χ1n) is 6.22. The van der Waals surface area contributed by atoms with Crippen LogP contribution < -0.4 is 5.32 Å². The average Bonchev–Trinajstić information content (AvgIpc) is 2.27. The molecular weight excluding hydrogens is 236 g/mol. The molecule has 0 bridgehead atoms. The van der Waals surface area contributed by atoms with Gasteiger partial charge in [-0.2, -0.15) is 0 Å². The average molecular weight is 258 g/mol. The molecule has 0 spiro atoms. The number of piperazine rings is 1. The van der Waals surface area contributed by atoms with Gasteiger partial charge >= 0.3 is 12.1 Å². The number of amides is 1. The first-order chi connectivity index (χ1) is 8.31. The predicted molar refractivity (Wildman–Crippen MR) is 66.0 cm³/mol. The zero-order valence-corrected chi connectivity index (χ0v) is 11.5. The monoisotopic (exact) mass is 258 g/mol. The number of carbonyl (C=O) groups is 2. The first-order valence-corrected chi connectivity index (χ1v) is 6.22. The number of nitrogens with zero attached hydrogens (tertiary/aromatic N) is 1. The van der Waals surface area contributed by atoms with Crippen molar-refractivity contribution < 1.29 is 19.1 Å². The minimum absolute atomic E-state index is 0.279. The van der Waals surface area contributed by atoms with E-state index in [1.54, 1.807) is 11.8 Å². The van der Waals surface area contributed by atoms with Crippen molar-refractivity contribution in [2.75, 3.05) is 19.6 Å². The predicted octanol–water partition coefficient (Wildman–Crippen LogP) is 1.11. The maximum atomic E-state index is 11.9. The Morgan fingerprint density at radius 3 is 2.61 bits per heavy atom. The Hall–Kier alpha value is -1.30. The molecule has 0 aromatic rings. The van der Waals surface area contributed by atoms with Gasteiger partial charge in [0.25, 0.3) is 0 Å². The zero-order valence-electron chi connectivity index (χ0n) is 11.5. The first kappa shape index (κ1) is 14.8. The van der Waals surface area contributed by atoms with Crippen LogP contribution in [0.5, 0.6) is 0 Å². The Morgan fingerprint density at radius 2 is 2.06 bits per heavy atom. The van der Waals surface area contributed by atoms with E-state index in [2.05, 4.69) is 5.32 Å². The lowest BCUT2D eigenvalue weighted by molar-refractivity contribution is -0.152. The van der Waals surface area contributed by atoms with Gasteiger partial charge in [-0.1, -0.05) is 6.92 Å². The molecule has 1 rings (SSSR count). The zero-order chi connectivity index (χ0) is 13.8. The molecule has 0 saturated carbocycles. The number of hydrogen-bond donors (Lipinski definition) is 1. The van der Waals surface area contributed by atoms with E-state index in [0.717, 1.165) is 0 Å². The van der Waals surface area contributed by atoms with E-state index in [1.807, 2.05) is 20.8 Å². The smallest absolute Gasteiger partial charge is 0.410 e. The molecule has 1 N–H and O–H groups in total. The lowest BCUT2D eigenvalue weighted by atomic mass is 10.2. The van der Waals surface area contributed by atoms with Crippen LogP contribution in [0.4, 0.5) is 4.79 Å². The van der Waals surface area contributed by atoms with Crippen LogP contribution in [0.15, 0.2) is 0 Å². The van der Waals surface area contributed by atoms with Crippen LogP contribution in [0.25, 0.3) is 0 Å². The fourth-order valence-electron chi connectivity index (χ4n) is 1.53. The van der Waals surface area contributed by atoms with E-state index < -0.39 is 11.8 Å². The number of nitrogens with one attached hydrogen (secondary N) is 1. The molecule has 1 heterocycles. The summed E-state index contributed by atoms with van der Waals surface area (Å²) in [5, 5.41) is 3.04. The highest BCUT2D eigenvalue weighted by Gasteiger charge is 2.28. The van der Waals surface area contributed by atoms with Crippen molar-refractivity contribution in [1.82, 2.24) is 10.2 Å². The quantitative estimate of drug-likeness (QED) is 0.751. The van der Waals surface area contributed by atoms with Crippen LogP contribution >= 0.6 is 0 Å². The summed E-state index contributed by atoms with van der Waals surface area (Å²) in [6, 6.07) is 0. The fraction of sp³-hybridized carbons (Fsp3) is 0.833. The second kappa shape index (κ2) is 6.04. The van der Waals surface area contributed by atoms with E-state index >= 15 is 0 Å². The standard InChI is InChI=1S/C12H22N2O4/c1-5-10(15)17-9-8-14(7-6-13-9)11(16)18-12(2,3)4/h9,13H,5-8H2,1-4H3. The van der Waals surface area contributed by atoms with Crippen molar-refractivity contribution in [2.24, 2.45) is 0 Å². The second-order valence-corrected chi connectivity index (χ2v) is 5.21. The van der Waals surface area contributed by atoms with Gasteiger partial charge in [0.05, 0.1) is 6.54 Å². The summed E-state index contributed by atoms with van der Waals surface area (Å²) in [6.45, 7) is 8.65. The summed E-state index contributed by atoms with van der Waals surface area (Å²) in [6.07, 6.45) is -0.495. The molecule has 0 aromatic heterocycles. The van der Waals surface area contributed by atoms with E-state index in [1.165, 1.54) is 0 Å². The molecule has 1 aliphatic rings. The van der Waals surface area contributed by atoms with Gasteiger partial charge in [-0.3, -0.25) is 10.1 Å². The van der Waals surface area contributed by atoms with Crippen LogP contribution in [0, 0.1) is 0 Å². The van der Waals surface area contributed by atoms with Crippen molar-refractivity contribution >= 4 is 12.1 Å². The van der Waals surface area contributed by atoms with Gasteiger partial charge in [-0.05, 0) is 20.8 Å². The van der Waals surface area contributed by atoms with E-state index in [4.69, 9.17) is 9.47 Å². The maximum absolute atomic E-state index is 11.9. The van der Waals surface area contributed by atoms with E-state index in [-0.39, 0.29) is 12.1 Å². The highest BCUT2D eigenvalue weighted by molar-refractivity contribution is 5.70. The Morgan fingerprint density at radius 1 is 1.39 bits per heavy atom. The van der Waals surface area contributed by atoms with Gasteiger partial charge in [-0.15, -0.1) is 0 Å². The van der Waals surface area contributed by atoms with Gasteiger partial charge in [0.2, 0.25) is 0 Å². The minimum Gasteiger partial charge on any atom is -0.445 e. The van der Waals surface area contributed by atoms with Gasteiger partial charge in [-0.25, -0.2) is 4.79 Å². The van der Waals surface area contributed by atoms with Gasteiger partial charge in [0, 0.05) is 19.5 Å². The van der Waals surface area contributed by atoms with Crippen LogP contribution in [-0.4, -0.2) is 48.4 Å². The maximum Gasteiger partial charge on any atom is 0.410 e. The Kier molecular flexibility index (Phi) is 4.95. The molecule has 1 atom stereocenters. The highest BCUT2D eigenvalue weighted by atomic mass is 16.6. The molecule has 1 fully saturated rings. The molecule has 0 aromatic carbocycles. The molecule has 0 radical (unpaired) electrons. The lowest BCUT2D eigenvalue weighted by Gasteiger charge is -2.34. The summed E-state index contributed by atoms with van der Waals surface area (Å²) >= 11 is 0. The Labute approximate surface area is 108 Å². The molecular formula is C12H22N2O4. The molecule has 1 saturated heterocycles.